The zero-order valence-corrected chi connectivity index (χ0v) is 15.7. The molecule has 5 heteroatoms. The molecule has 2 heterocycles. The molecule has 2 aromatic heterocycles. The summed E-state index contributed by atoms with van der Waals surface area (Å²) in [7, 11) is 1.94. The van der Waals surface area contributed by atoms with Gasteiger partial charge in [0.05, 0.1) is 10.2 Å². The Kier molecular flexibility index (Phi) is 4.47. The fourth-order valence-corrected chi connectivity index (χ4v) is 4.13. The predicted molar refractivity (Wildman–Crippen MR) is 106 cm³/mol. The largest absolute Gasteiger partial charge is 0.451 e. The van der Waals surface area contributed by atoms with E-state index >= 15 is 0 Å². The molecule has 0 aliphatic rings. The second-order valence-corrected chi connectivity index (χ2v) is 7.42. The van der Waals surface area contributed by atoms with Crippen LogP contribution in [0.3, 0.4) is 0 Å². The van der Waals surface area contributed by atoms with Crippen molar-refractivity contribution in [2.45, 2.75) is 26.2 Å². The number of furan rings is 1. The van der Waals surface area contributed by atoms with Gasteiger partial charge in [0, 0.05) is 12.4 Å². The number of aromatic nitrogens is 1. The normalized spacial score (nSPS) is 12.3. The molecule has 0 atom stereocenters. The Labute approximate surface area is 155 Å². The van der Waals surface area contributed by atoms with Gasteiger partial charge in [0.1, 0.15) is 5.58 Å². The van der Waals surface area contributed by atoms with Gasteiger partial charge in [0.25, 0.3) is 0 Å². The molecule has 0 unspecified atom stereocenters. The molecular formula is C21H20N2O2S. The summed E-state index contributed by atoms with van der Waals surface area (Å²) in [4.78, 5) is 17.5. The van der Waals surface area contributed by atoms with Crippen molar-refractivity contribution in [2.75, 3.05) is 0 Å². The van der Waals surface area contributed by atoms with E-state index in [1.54, 1.807) is 6.07 Å². The summed E-state index contributed by atoms with van der Waals surface area (Å²) in [6, 6.07) is 15.8. The number of para-hydroxylation sites is 1. The highest BCUT2D eigenvalue weighted by molar-refractivity contribution is 7.16. The standard InChI is InChI=1S/C21H20N2O2S/c1-3-4-7-14-10-11-16-19(12-14)26-21(23(16)2)22-20(24)18-13-15-8-5-6-9-17(15)25-18/h5-6,8-13H,3-4,7H2,1-2H3. The molecule has 0 radical (unpaired) electrons. The highest BCUT2D eigenvalue weighted by atomic mass is 32.1. The Morgan fingerprint density at radius 1 is 1.19 bits per heavy atom. The van der Waals surface area contributed by atoms with Crippen LogP contribution in [0.2, 0.25) is 0 Å². The predicted octanol–water partition coefficient (Wildman–Crippen LogP) is 5.07. The van der Waals surface area contributed by atoms with Gasteiger partial charge in [-0.1, -0.05) is 48.9 Å². The molecule has 1 amide bonds. The number of amides is 1. The Morgan fingerprint density at radius 2 is 2.04 bits per heavy atom. The zero-order chi connectivity index (χ0) is 18.1. The Bertz CT molecular complexity index is 1130. The van der Waals surface area contributed by atoms with E-state index in [0.29, 0.717) is 10.4 Å². The van der Waals surface area contributed by atoms with Gasteiger partial charge in [-0.25, -0.2) is 0 Å². The maximum absolute atomic E-state index is 12.6. The van der Waals surface area contributed by atoms with E-state index in [2.05, 4.69) is 30.1 Å². The minimum absolute atomic E-state index is 0.271. The number of benzene rings is 2. The lowest BCUT2D eigenvalue weighted by atomic mass is 10.1. The third-order valence-corrected chi connectivity index (χ3v) is 5.62. The second-order valence-electron chi connectivity index (χ2n) is 6.41. The Hall–Kier alpha value is -2.66. The summed E-state index contributed by atoms with van der Waals surface area (Å²) in [5, 5.41) is 0.910. The van der Waals surface area contributed by atoms with Crippen molar-refractivity contribution >= 4 is 38.4 Å². The van der Waals surface area contributed by atoms with Crippen molar-refractivity contribution in [3.8, 4) is 0 Å². The molecule has 4 nitrogen and oxygen atoms in total. The van der Waals surface area contributed by atoms with Crippen molar-refractivity contribution in [1.29, 1.82) is 0 Å². The van der Waals surface area contributed by atoms with E-state index in [4.69, 9.17) is 4.42 Å². The topological polar surface area (TPSA) is 47.5 Å². The summed E-state index contributed by atoms with van der Waals surface area (Å²) < 4.78 is 8.74. The maximum Gasteiger partial charge on any atom is 0.315 e. The number of rotatable bonds is 4. The molecule has 0 aliphatic heterocycles. The fraction of sp³-hybridized carbons (Fsp3) is 0.238. The van der Waals surface area contributed by atoms with Crippen molar-refractivity contribution in [3.63, 3.8) is 0 Å². The van der Waals surface area contributed by atoms with Crippen LogP contribution in [-0.4, -0.2) is 10.5 Å². The molecule has 0 saturated heterocycles. The number of nitrogens with zero attached hydrogens (tertiary/aromatic N) is 2. The minimum atomic E-state index is -0.352. The lowest BCUT2D eigenvalue weighted by Crippen LogP contribution is -2.12. The van der Waals surface area contributed by atoms with Gasteiger partial charge in [0.15, 0.2) is 10.6 Å². The van der Waals surface area contributed by atoms with Gasteiger partial charge >= 0.3 is 5.91 Å². The van der Waals surface area contributed by atoms with Crippen LogP contribution in [-0.2, 0) is 13.5 Å². The Morgan fingerprint density at radius 3 is 2.85 bits per heavy atom. The molecule has 26 heavy (non-hydrogen) atoms. The first-order chi connectivity index (χ1) is 12.7. The van der Waals surface area contributed by atoms with Crippen molar-refractivity contribution in [3.05, 3.63) is 64.7 Å². The summed E-state index contributed by atoms with van der Waals surface area (Å²) in [6.07, 6.45) is 3.45. The van der Waals surface area contributed by atoms with E-state index in [0.717, 1.165) is 22.0 Å². The molecule has 2 aromatic carbocycles. The average molecular weight is 364 g/mol. The van der Waals surface area contributed by atoms with E-state index in [1.165, 1.54) is 29.7 Å². The number of aryl methyl sites for hydroxylation is 2. The number of hydrogen-bond acceptors (Lipinski definition) is 3. The molecule has 0 fully saturated rings. The monoisotopic (exact) mass is 364 g/mol. The second kappa shape index (κ2) is 6.92. The van der Waals surface area contributed by atoms with Crippen molar-refractivity contribution in [1.82, 2.24) is 4.57 Å². The number of fused-ring (bicyclic) bond motifs is 2. The van der Waals surface area contributed by atoms with Gasteiger partial charge in [-0.15, -0.1) is 0 Å². The smallest absolute Gasteiger partial charge is 0.315 e. The summed E-state index contributed by atoms with van der Waals surface area (Å²) in [6.45, 7) is 2.20. The summed E-state index contributed by atoms with van der Waals surface area (Å²) in [5.74, 6) is -0.0816. The number of hydrogen-bond donors (Lipinski definition) is 0. The van der Waals surface area contributed by atoms with Crippen molar-refractivity contribution < 1.29 is 9.21 Å². The van der Waals surface area contributed by atoms with Crippen LogP contribution < -0.4 is 4.80 Å². The molecule has 132 valence electrons. The third kappa shape index (κ3) is 3.10. The number of unbranched alkanes of at least 4 members (excludes halogenated alkanes) is 1. The van der Waals surface area contributed by atoms with Crippen LogP contribution in [0.15, 0.2) is 57.9 Å². The molecule has 0 spiro atoms. The highest BCUT2D eigenvalue weighted by Crippen LogP contribution is 2.21. The van der Waals surface area contributed by atoms with Crippen LogP contribution in [0.1, 0.15) is 35.9 Å². The summed E-state index contributed by atoms with van der Waals surface area (Å²) >= 11 is 1.54. The van der Waals surface area contributed by atoms with E-state index in [-0.39, 0.29) is 11.7 Å². The minimum Gasteiger partial charge on any atom is -0.451 e. The van der Waals surface area contributed by atoms with Crippen LogP contribution in [0.4, 0.5) is 0 Å². The first-order valence-corrected chi connectivity index (χ1v) is 9.63. The Balaban J connectivity index is 1.72. The first kappa shape index (κ1) is 16.8. The zero-order valence-electron chi connectivity index (χ0n) is 14.9. The average Bonchev–Trinajstić information content (AvgIpc) is 3.21. The molecule has 4 rings (SSSR count). The van der Waals surface area contributed by atoms with E-state index in [1.807, 2.05) is 35.9 Å². The van der Waals surface area contributed by atoms with Crippen LogP contribution >= 0.6 is 11.3 Å². The maximum atomic E-state index is 12.6. The highest BCUT2D eigenvalue weighted by Gasteiger charge is 2.12. The fourth-order valence-electron chi connectivity index (χ4n) is 3.05. The molecule has 0 saturated carbocycles. The lowest BCUT2D eigenvalue weighted by molar-refractivity contribution is 0.0973. The molecule has 0 aliphatic carbocycles. The lowest BCUT2D eigenvalue weighted by Gasteiger charge is -2.00. The van der Waals surface area contributed by atoms with E-state index < -0.39 is 0 Å². The van der Waals surface area contributed by atoms with Crippen LogP contribution in [0.25, 0.3) is 21.2 Å². The number of thiazole rings is 1. The molecule has 0 bridgehead atoms. The molecule has 0 N–H and O–H groups in total. The SMILES string of the molecule is CCCCc1ccc2c(c1)sc(=NC(=O)c1cc3ccccc3o1)n2C. The van der Waals surface area contributed by atoms with Gasteiger partial charge in [-0.2, -0.15) is 4.99 Å². The summed E-state index contributed by atoms with van der Waals surface area (Å²) in [5.41, 5.74) is 3.12. The van der Waals surface area contributed by atoms with Crippen LogP contribution in [0.5, 0.6) is 0 Å². The van der Waals surface area contributed by atoms with Gasteiger partial charge in [0.2, 0.25) is 0 Å². The van der Waals surface area contributed by atoms with Crippen molar-refractivity contribution in [2.24, 2.45) is 12.0 Å². The molecule has 4 aromatic rings. The van der Waals surface area contributed by atoms with Gasteiger partial charge < -0.3 is 8.98 Å². The quantitative estimate of drug-likeness (QED) is 0.507. The number of carbonyl (C=O) groups excluding carboxylic acids is 1. The molecular weight excluding hydrogens is 344 g/mol. The van der Waals surface area contributed by atoms with Crippen LogP contribution in [0, 0.1) is 0 Å². The van der Waals surface area contributed by atoms with Gasteiger partial charge in [-0.05, 0) is 42.7 Å². The van der Waals surface area contributed by atoms with Gasteiger partial charge in [-0.3, -0.25) is 4.79 Å². The number of carbonyl (C=O) groups is 1. The van der Waals surface area contributed by atoms with E-state index in [9.17, 15) is 4.79 Å². The third-order valence-electron chi connectivity index (χ3n) is 4.53. The first-order valence-electron chi connectivity index (χ1n) is 8.82.